The first kappa shape index (κ1) is 24.8. The number of ether oxygens (including phenoxy) is 1. The summed E-state index contributed by atoms with van der Waals surface area (Å²) in [6.07, 6.45) is 1.64. The molecule has 1 unspecified atom stereocenters. The highest BCUT2D eigenvalue weighted by atomic mass is 35.5. The van der Waals surface area contributed by atoms with Gasteiger partial charge < -0.3 is 26.4 Å². The lowest BCUT2D eigenvalue weighted by Crippen LogP contribution is -2.33. The minimum atomic E-state index is -0.817. The number of anilines is 3. The predicted octanol–water partition coefficient (Wildman–Crippen LogP) is 4.91. The first-order valence-corrected chi connectivity index (χ1v) is 11.6. The summed E-state index contributed by atoms with van der Waals surface area (Å²) in [6.45, 7) is 1.70. The summed E-state index contributed by atoms with van der Waals surface area (Å²) in [5.41, 5.74) is 8.74. The van der Waals surface area contributed by atoms with E-state index >= 15 is 0 Å². The van der Waals surface area contributed by atoms with Crippen molar-refractivity contribution >= 4 is 51.4 Å². The van der Waals surface area contributed by atoms with Crippen molar-refractivity contribution in [2.24, 2.45) is 0 Å². The summed E-state index contributed by atoms with van der Waals surface area (Å²) in [7, 11) is 1.55. The van der Waals surface area contributed by atoms with E-state index in [1.165, 1.54) is 6.92 Å². The molecule has 0 aliphatic heterocycles. The van der Waals surface area contributed by atoms with Crippen LogP contribution in [0.15, 0.2) is 72.9 Å². The second kappa shape index (κ2) is 11.0. The summed E-state index contributed by atoms with van der Waals surface area (Å²) in [6, 6.07) is 19.1. The summed E-state index contributed by atoms with van der Waals surface area (Å²) in [5, 5.41) is 11.1. The minimum absolute atomic E-state index is 0.166. The quantitative estimate of drug-likeness (QED) is 0.271. The van der Waals surface area contributed by atoms with Crippen molar-refractivity contribution in [3.63, 3.8) is 0 Å². The molecule has 36 heavy (non-hydrogen) atoms. The van der Waals surface area contributed by atoms with Crippen LogP contribution in [0.25, 0.3) is 10.8 Å². The van der Waals surface area contributed by atoms with Crippen molar-refractivity contribution in [3.05, 3.63) is 89.1 Å². The molecule has 0 radical (unpaired) electrons. The fourth-order valence-corrected chi connectivity index (χ4v) is 4.09. The molecule has 3 aromatic carbocycles. The number of nitrogens with one attached hydrogen (secondary N) is 3. The van der Waals surface area contributed by atoms with Crippen molar-refractivity contribution in [2.45, 2.75) is 19.5 Å². The number of fused-ring (bicyclic) bond motifs is 1. The van der Waals surface area contributed by atoms with Crippen molar-refractivity contribution < 1.29 is 14.3 Å². The van der Waals surface area contributed by atoms with Crippen LogP contribution in [0.2, 0.25) is 5.02 Å². The largest absolute Gasteiger partial charge is 0.497 e. The number of nitrogens with zero attached hydrogens (tertiary/aromatic N) is 1. The molecule has 0 saturated carbocycles. The van der Waals surface area contributed by atoms with E-state index in [0.717, 1.165) is 16.3 Å². The lowest BCUT2D eigenvalue weighted by atomic mass is 10.0. The zero-order valence-electron chi connectivity index (χ0n) is 19.8. The van der Waals surface area contributed by atoms with Crippen LogP contribution in [0.3, 0.4) is 0 Å². The molecular formula is C27H26ClN5O3. The van der Waals surface area contributed by atoms with Gasteiger partial charge >= 0.3 is 0 Å². The summed E-state index contributed by atoms with van der Waals surface area (Å²) in [5.74, 6) is 0.561. The topological polar surface area (TPSA) is 118 Å². The van der Waals surface area contributed by atoms with Crippen LogP contribution in [0, 0.1) is 0 Å². The molecule has 0 spiro atoms. The Hall–Kier alpha value is -4.30. The Balaban J connectivity index is 1.62. The standard InChI is InChI=1S/C27H26ClN5O3/c1-16(34)32-19-5-3-4-17(12-19)15-31-27(35)25(23-14-21(36-2)7-9-24(23)28)33-20-6-8-22-18(13-20)10-11-30-26(22)29/h3-14,25,33H,15H2,1-2H3,(H2,29,30)(H,31,35)(H,32,34). The van der Waals surface area contributed by atoms with E-state index in [-0.39, 0.29) is 18.4 Å². The fraction of sp³-hybridized carbons (Fsp3) is 0.148. The number of carbonyl (C=O) groups is 2. The molecule has 0 saturated heterocycles. The second-order valence-corrected chi connectivity index (χ2v) is 8.60. The molecule has 0 fully saturated rings. The molecule has 8 nitrogen and oxygen atoms in total. The number of hydrogen-bond acceptors (Lipinski definition) is 6. The number of hydrogen-bond donors (Lipinski definition) is 4. The first-order chi connectivity index (χ1) is 17.3. The monoisotopic (exact) mass is 503 g/mol. The van der Waals surface area contributed by atoms with Gasteiger partial charge in [0.25, 0.3) is 0 Å². The van der Waals surface area contributed by atoms with Crippen LogP contribution in [-0.4, -0.2) is 23.9 Å². The number of nitrogen functional groups attached to an aromatic ring is 1. The molecule has 0 aliphatic rings. The average Bonchev–Trinajstić information content (AvgIpc) is 2.86. The van der Waals surface area contributed by atoms with Gasteiger partial charge in [-0.1, -0.05) is 23.7 Å². The van der Waals surface area contributed by atoms with E-state index in [2.05, 4.69) is 20.9 Å². The van der Waals surface area contributed by atoms with Gasteiger partial charge in [-0.15, -0.1) is 0 Å². The number of methoxy groups -OCH3 is 1. The van der Waals surface area contributed by atoms with Crippen LogP contribution < -0.4 is 26.4 Å². The van der Waals surface area contributed by atoms with Gasteiger partial charge in [0.1, 0.15) is 17.6 Å². The molecule has 2 amide bonds. The molecule has 0 aliphatic carbocycles. The van der Waals surface area contributed by atoms with Crippen molar-refractivity contribution in [3.8, 4) is 5.75 Å². The SMILES string of the molecule is COc1ccc(Cl)c(C(Nc2ccc3c(N)nccc3c2)C(=O)NCc2cccc(NC(C)=O)c2)c1. The van der Waals surface area contributed by atoms with Gasteiger partial charge in [0.05, 0.1) is 7.11 Å². The highest BCUT2D eigenvalue weighted by molar-refractivity contribution is 6.31. The normalized spacial score (nSPS) is 11.5. The first-order valence-electron chi connectivity index (χ1n) is 11.2. The maximum Gasteiger partial charge on any atom is 0.247 e. The lowest BCUT2D eigenvalue weighted by molar-refractivity contribution is -0.122. The molecule has 1 aromatic heterocycles. The van der Waals surface area contributed by atoms with Crippen LogP contribution in [0.1, 0.15) is 24.1 Å². The summed E-state index contributed by atoms with van der Waals surface area (Å²) in [4.78, 5) is 29.0. The maximum absolute atomic E-state index is 13.5. The average molecular weight is 504 g/mol. The van der Waals surface area contributed by atoms with Crippen LogP contribution in [-0.2, 0) is 16.1 Å². The van der Waals surface area contributed by atoms with E-state index in [0.29, 0.717) is 33.5 Å². The van der Waals surface area contributed by atoms with E-state index in [9.17, 15) is 9.59 Å². The maximum atomic E-state index is 13.5. The number of halogens is 1. The van der Waals surface area contributed by atoms with Crippen LogP contribution in [0.4, 0.5) is 17.2 Å². The number of benzene rings is 3. The van der Waals surface area contributed by atoms with Gasteiger partial charge in [-0.05, 0) is 65.5 Å². The highest BCUT2D eigenvalue weighted by Gasteiger charge is 2.24. The van der Waals surface area contributed by atoms with Gasteiger partial charge in [0.15, 0.2) is 0 Å². The molecule has 5 N–H and O–H groups in total. The minimum Gasteiger partial charge on any atom is -0.497 e. The Labute approximate surface area is 213 Å². The molecular weight excluding hydrogens is 478 g/mol. The molecule has 9 heteroatoms. The lowest BCUT2D eigenvalue weighted by Gasteiger charge is -2.22. The van der Waals surface area contributed by atoms with E-state index in [1.807, 2.05) is 42.5 Å². The van der Waals surface area contributed by atoms with Crippen molar-refractivity contribution in [1.29, 1.82) is 0 Å². The van der Waals surface area contributed by atoms with Gasteiger partial charge in [0, 0.05) is 47.0 Å². The Kier molecular flexibility index (Phi) is 7.56. The Morgan fingerprint density at radius 3 is 2.67 bits per heavy atom. The Morgan fingerprint density at radius 2 is 1.89 bits per heavy atom. The fourth-order valence-electron chi connectivity index (χ4n) is 3.87. The second-order valence-electron chi connectivity index (χ2n) is 8.20. The number of carbonyl (C=O) groups excluding carboxylic acids is 2. The van der Waals surface area contributed by atoms with Crippen LogP contribution >= 0.6 is 11.6 Å². The van der Waals surface area contributed by atoms with Gasteiger partial charge in [-0.3, -0.25) is 9.59 Å². The zero-order valence-corrected chi connectivity index (χ0v) is 20.6. The Bertz CT molecular complexity index is 1430. The number of aromatic nitrogens is 1. The third-order valence-corrected chi connectivity index (χ3v) is 5.94. The van der Waals surface area contributed by atoms with Crippen LogP contribution in [0.5, 0.6) is 5.75 Å². The predicted molar refractivity (Wildman–Crippen MR) is 143 cm³/mol. The van der Waals surface area contributed by atoms with Gasteiger partial charge in [-0.25, -0.2) is 4.98 Å². The molecule has 4 aromatic rings. The van der Waals surface area contributed by atoms with Gasteiger partial charge in [0.2, 0.25) is 11.8 Å². The Morgan fingerprint density at radius 1 is 1.06 bits per heavy atom. The summed E-state index contributed by atoms with van der Waals surface area (Å²) < 4.78 is 5.36. The smallest absolute Gasteiger partial charge is 0.247 e. The molecule has 4 rings (SSSR count). The number of amides is 2. The number of pyridine rings is 1. The molecule has 1 atom stereocenters. The molecule has 1 heterocycles. The molecule has 184 valence electrons. The molecule has 0 bridgehead atoms. The van der Waals surface area contributed by atoms with E-state index < -0.39 is 6.04 Å². The van der Waals surface area contributed by atoms with Crippen molar-refractivity contribution in [2.75, 3.05) is 23.5 Å². The van der Waals surface area contributed by atoms with E-state index in [4.69, 9.17) is 22.1 Å². The third-order valence-electron chi connectivity index (χ3n) is 5.60. The third kappa shape index (κ3) is 5.84. The van der Waals surface area contributed by atoms with Crippen molar-refractivity contribution in [1.82, 2.24) is 10.3 Å². The number of rotatable bonds is 8. The highest BCUT2D eigenvalue weighted by Crippen LogP contribution is 2.31. The summed E-state index contributed by atoms with van der Waals surface area (Å²) >= 11 is 6.52. The number of nitrogens with two attached hydrogens (primary N) is 1. The zero-order chi connectivity index (χ0) is 25.7. The van der Waals surface area contributed by atoms with Gasteiger partial charge in [-0.2, -0.15) is 0 Å². The van der Waals surface area contributed by atoms with E-state index in [1.54, 1.807) is 37.6 Å².